The van der Waals surface area contributed by atoms with Gasteiger partial charge in [-0.05, 0) is 37.3 Å². The molecule has 0 bridgehead atoms. The number of nitrogens with two attached hydrogens (primary N) is 1. The average molecular weight is 360 g/mol. The van der Waals surface area contributed by atoms with Gasteiger partial charge in [-0.1, -0.05) is 24.2 Å². The highest BCUT2D eigenvalue weighted by Gasteiger charge is 2.28. The van der Waals surface area contributed by atoms with Gasteiger partial charge in [0.05, 0.1) is 0 Å². The van der Waals surface area contributed by atoms with Gasteiger partial charge in [-0.25, -0.2) is 4.39 Å². The summed E-state index contributed by atoms with van der Waals surface area (Å²) in [6, 6.07) is 4.92. The van der Waals surface area contributed by atoms with Crippen LogP contribution in [0.4, 0.5) is 4.39 Å². The van der Waals surface area contributed by atoms with Crippen LogP contribution in [0.3, 0.4) is 0 Å². The molecule has 1 aromatic heterocycles. The maximum atomic E-state index is 13.7. The molecule has 0 aliphatic carbocycles. The summed E-state index contributed by atoms with van der Waals surface area (Å²) in [6.45, 7) is 5.13. The Morgan fingerprint density at radius 1 is 1.46 bits per heavy atom. The molecule has 0 radical (unpaired) electrons. The quantitative estimate of drug-likeness (QED) is 0.886. The lowest BCUT2D eigenvalue weighted by Crippen LogP contribution is -2.49. The van der Waals surface area contributed by atoms with E-state index in [1.54, 1.807) is 19.1 Å². The number of hydrogen-bond donors (Lipinski definition) is 1. The first-order valence-corrected chi connectivity index (χ1v) is 9.06. The van der Waals surface area contributed by atoms with Crippen molar-refractivity contribution >= 4 is 5.91 Å². The van der Waals surface area contributed by atoms with E-state index in [0.717, 1.165) is 19.4 Å². The summed E-state index contributed by atoms with van der Waals surface area (Å²) < 4.78 is 18.9. The van der Waals surface area contributed by atoms with E-state index < -0.39 is 0 Å². The van der Waals surface area contributed by atoms with Crippen LogP contribution in [0.2, 0.25) is 0 Å². The number of benzene rings is 1. The Hall–Kier alpha value is -2.28. The first-order chi connectivity index (χ1) is 12.5. The third-order valence-corrected chi connectivity index (χ3v) is 5.02. The van der Waals surface area contributed by atoms with Gasteiger partial charge in [-0.15, -0.1) is 0 Å². The Labute approximate surface area is 152 Å². The standard InChI is InChI=1S/C19H25FN4O2/c1-12-7-8-24(15(9-12)11-21)18(25)6-5-17-22-19(23-26-17)14-4-3-13(2)16(20)10-14/h3-4,10,12,15H,5-9,11,21H2,1-2H3. The zero-order valence-corrected chi connectivity index (χ0v) is 15.2. The van der Waals surface area contributed by atoms with E-state index in [9.17, 15) is 9.18 Å². The molecule has 1 aliphatic heterocycles. The maximum Gasteiger partial charge on any atom is 0.227 e. The lowest BCUT2D eigenvalue weighted by atomic mass is 9.92. The van der Waals surface area contributed by atoms with Gasteiger partial charge >= 0.3 is 0 Å². The third-order valence-electron chi connectivity index (χ3n) is 5.02. The van der Waals surface area contributed by atoms with E-state index in [1.165, 1.54) is 6.07 Å². The number of amides is 1. The van der Waals surface area contributed by atoms with Crippen LogP contribution in [-0.4, -0.2) is 40.1 Å². The Balaban J connectivity index is 1.61. The van der Waals surface area contributed by atoms with Crippen LogP contribution in [-0.2, 0) is 11.2 Å². The first kappa shape index (κ1) is 18.5. The van der Waals surface area contributed by atoms with E-state index in [0.29, 0.717) is 48.1 Å². The van der Waals surface area contributed by atoms with Crippen molar-refractivity contribution in [2.45, 2.75) is 45.6 Å². The number of carbonyl (C=O) groups excluding carboxylic acids is 1. The van der Waals surface area contributed by atoms with Crippen LogP contribution in [0.5, 0.6) is 0 Å². The fraction of sp³-hybridized carbons (Fsp3) is 0.526. The summed E-state index contributed by atoms with van der Waals surface area (Å²) in [5, 5.41) is 3.89. The first-order valence-electron chi connectivity index (χ1n) is 9.06. The SMILES string of the molecule is Cc1ccc(-c2noc(CCC(=O)N3CCC(C)CC3CN)n2)cc1F. The van der Waals surface area contributed by atoms with Crippen molar-refractivity contribution < 1.29 is 13.7 Å². The molecule has 2 atom stereocenters. The number of piperidine rings is 1. The smallest absolute Gasteiger partial charge is 0.227 e. The van der Waals surface area contributed by atoms with Crippen LogP contribution >= 0.6 is 0 Å². The zero-order valence-electron chi connectivity index (χ0n) is 15.2. The summed E-state index contributed by atoms with van der Waals surface area (Å²) in [4.78, 5) is 18.7. The normalized spacial score (nSPS) is 20.4. The molecule has 1 aromatic carbocycles. The molecule has 0 spiro atoms. The van der Waals surface area contributed by atoms with Gasteiger partial charge in [0.15, 0.2) is 0 Å². The minimum Gasteiger partial charge on any atom is -0.339 e. The molecule has 2 N–H and O–H groups in total. The van der Waals surface area contributed by atoms with Crippen LogP contribution in [0, 0.1) is 18.7 Å². The van der Waals surface area contributed by atoms with Gasteiger partial charge in [-0.3, -0.25) is 4.79 Å². The van der Waals surface area contributed by atoms with E-state index in [1.807, 2.05) is 4.90 Å². The fourth-order valence-corrected chi connectivity index (χ4v) is 3.37. The second-order valence-electron chi connectivity index (χ2n) is 7.08. The molecule has 2 aromatic rings. The maximum absolute atomic E-state index is 13.7. The predicted molar refractivity (Wildman–Crippen MR) is 95.7 cm³/mol. The van der Waals surface area contributed by atoms with Gasteiger partial charge in [0.1, 0.15) is 5.82 Å². The molecule has 7 heteroatoms. The second-order valence-corrected chi connectivity index (χ2v) is 7.08. The Morgan fingerprint density at radius 2 is 2.27 bits per heavy atom. The zero-order chi connectivity index (χ0) is 18.7. The Kier molecular flexibility index (Phi) is 5.66. The molecule has 2 heterocycles. The summed E-state index contributed by atoms with van der Waals surface area (Å²) >= 11 is 0. The molecule has 26 heavy (non-hydrogen) atoms. The number of rotatable bonds is 5. The summed E-state index contributed by atoms with van der Waals surface area (Å²) in [6.07, 6.45) is 2.62. The van der Waals surface area contributed by atoms with E-state index >= 15 is 0 Å². The predicted octanol–water partition coefficient (Wildman–Crippen LogP) is 2.70. The molecule has 1 aliphatic rings. The number of likely N-dealkylation sites (tertiary alicyclic amines) is 1. The van der Waals surface area contributed by atoms with Gasteiger partial charge in [-0.2, -0.15) is 4.98 Å². The molecule has 6 nitrogen and oxygen atoms in total. The van der Waals surface area contributed by atoms with Crippen molar-refractivity contribution in [1.29, 1.82) is 0 Å². The lowest BCUT2D eigenvalue weighted by molar-refractivity contribution is -0.135. The van der Waals surface area contributed by atoms with Crippen LogP contribution in [0.15, 0.2) is 22.7 Å². The van der Waals surface area contributed by atoms with Crippen molar-refractivity contribution in [2.75, 3.05) is 13.1 Å². The molecule has 3 rings (SSSR count). The summed E-state index contributed by atoms with van der Waals surface area (Å²) in [5.74, 6) is 1.06. The highest BCUT2D eigenvalue weighted by molar-refractivity contribution is 5.76. The molecule has 140 valence electrons. The second kappa shape index (κ2) is 7.95. The molecule has 1 fully saturated rings. The third kappa shape index (κ3) is 4.09. The van der Waals surface area contributed by atoms with Gasteiger partial charge in [0.25, 0.3) is 0 Å². The topological polar surface area (TPSA) is 85.2 Å². The number of aryl methyl sites for hydroxylation is 2. The van der Waals surface area contributed by atoms with Crippen LogP contribution in [0.1, 0.15) is 37.6 Å². The van der Waals surface area contributed by atoms with Gasteiger partial charge in [0, 0.05) is 37.5 Å². The van der Waals surface area contributed by atoms with Crippen LogP contribution in [0.25, 0.3) is 11.4 Å². The van der Waals surface area contributed by atoms with Crippen molar-refractivity contribution in [1.82, 2.24) is 15.0 Å². The molecule has 1 saturated heterocycles. The fourth-order valence-electron chi connectivity index (χ4n) is 3.37. The minimum absolute atomic E-state index is 0.0634. The highest BCUT2D eigenvalue weighted by Crippen LogP contribution is 2.23. The summed E-state index contributed by atoms with van der Waals surface area (Å²) in [5.41, 5.74) is 6.95. The van der Waals surface area contributed by atoms with Gasteiger partial charge in [0.2, 0.25) is 17.6 Å². The minimum atomic E-state index is -0.309. The Morgan fingerprint density at radius 3 is 3.00 bits per heavy atom. The van der Waals surface area contributed by atoms with Crippen molar-refractivity contribution in [3.63, 3.8) is 0 Å². The molecular weight excluding hydrogens is 335 g/mol. The number of carbonyl (C=O) groups is 1. The lowest BCUT2D eigenvalue weighted by Gasteiger charge is -2.38. The van der Waals surface area contributed by atoms with Crippen molar-refractivity contribution in [2.24, 2.45) is 11.7 Å². The van der Waals surface area contributed by atoms with E-state index in [-0.39, 0.29) is 17.8 Å². The highest BCUT2D eigenvalue weighted by atomic mass is 19.1. The van der Waals surface area contributed by atoms with E-state index in [4.69, 9.17) is 10.3 Å². The number of nitrogens with zero attached hydrogens (tertiary/aromatic N) is 3. The molecular formula is C19H25FN4O2. The van der Waals surface area contributed by atoms with Crippen molar-refractivity contribution in [3.8, 4) is 11.4 Å². The molecule has 2 unspecified atom stereocenters. The Bertz CT molecular complexity index is 777. The average Bonchev–Trinajstić information content (AvgIpc) is 3.11. The largest absolute Gasteiger partial charge is 0.339 e. The summed E-state index contributed by atoms with van der Waals surface area (Å²) in [7, 11) is 0. The van der Waals surface area contributed by atoms with Gasteiger partial charge < -0.3 is 15.2 Å². The molecule has 1 amide bonds. The number of halogens is 1. The monoisotopic (exact) mass is 360 g/mol. The van der Waals surface area contributed by atoms with E-state index in [2.05, 4.69) is 17.1 Å². The molecule has 0 saturated carbocycles. The number of hydrogen-bond acceptors (Lipinski definition) is 5. The number of aromatic nitrogens is 2. The van der Waals surface area contributed by atoms with Crippen molar-refractivity contribution in [3.05, 3.63) is 35.5 Å². The van der Waals surface area contributed by atoms with Crippen LogP contribution < -0.4 is 5.73 Å².